The van der Waals surface area contributed by atoms with E-state index in [4.69, 9.17) is 4.74 Å². The van der Waals surface area contributed by atoms with Gasteiger partial charge < -0.3 is 14.7 Å². The number of aliphatic carboxylic acids is 1. The van der Waals surface area contributed by atoms with Crippen LogP contribution < -0.4 is 0 Å². The average Bonchev–Trinajstić information content (AvgIpc) is 2.95. The van der Waals surface area contributed by atoms with Gasteiger partial charge >= 0.3 is 5.97 Å². The fourth-order valence-electron chi connectivity index (χ4n) is 2.58. The number of hydrogen-bond acceptors (Lipinski definition) is 4. The number of pyridine rings is 1. The second kappa shape index (κ2) is 7.17. The van der Waals surface area contributed by atoms with Crippen LogP contribution >= 0.6 is 0 Å². The molecule has 1 N–H and O–H groups in total. The number of amides is 1. The number of carboxylic acids is 1. The largest absolute Gasteiger partial charge is 0.481 e. The van der Waals surface area contributed by atoms with Crippen molar-refractivity contribution in [3.63, 3.8) is 0 Å². The molecule has 2 rings (SSSR count). The maximum absolute atomic E-state index is 12.5. The third-order valence-corrected chi connectivity index (χ3v) is 3.63. The van der Waals surface area contributed by atoms with Crippen molar-refractivity contribution < 1.29 is 19.4 Å². The monoisotopic (exact) mass is 292 g/mol. The predicted molar refractivity (Wildman–Crippen MR) is 75.7 cm³/mol. The van der Waals surface area contributed by atoms with Crippen LogP contribution in [0.3, 0.4) is 0 Å². The van der Waals surface area contributed by atoms with Gasteiger partial charge in [0, 0.05) is 18.9 Å². The summed E-state index contributed by atoms with van der Waals surface area (Å²) in [5.41, 5.74) is 0.828. The van der Waals surface area contributed by atoms with Crippen molar-refractivity contribution in [2.75, 3.05) is 19.8 Å². The number of carbonyl (C=O) groups is 2. The molecule has 0 aliphatic carbocycles. The van der Waals surface area contributed by atoms with Gasteiger partial charge in [0.15, 0.2) is 0 Å². The third-order valence-electron chi connectivity index (χ3n) is 3.63. The fourth-order valence-corrected chi connectivity index (χ4v) is 2.58. The van der Waals surface area contributed by atoms with E-state index in [0.717, 1.165) is 12.0 Å². The molecule has 0 saturated carbocycles. The molecule has 1 amide bonds. The van der Waals surface area contributed by atoms with Gasteiger partial charge in [-0.3, -0.25) is 14.6 Å². The Labute approximate surface area is 123 Å². The Morgan fingerprint density at radius 2 is 2.29 bits per heavy atom. The van der Waals surface area contributed by atoms with Crippen molar-refractivity contribution in [3.05, 3.63) is 30.1 Å². The number of nitrogens with zero attached hydrogens (tertiary/aromatic N) is 2. The minimum Gasteiger partial charge on any atom is -0.481 e. The van der Waals surface area contributed by atoms with E-state index in [-0.39, 0.29) is 31.6 Å². The van der Waals surface area contributed by atoms with E-state index in [0.29, 0.717) is 6.54 Å². The lowest BCUT2D eigenvalue weighted by Gasteiger charge is -2.30. The van der Waals surface area contributed by atoms with Gasteiger partial charge in [0.25, 0.3) is 0 Å². The highest BCUT2D eigenvalue weighted by atomic mass is 16.5. The Kier molecular flexibility index (Phi) is 5.27. The Balaban J connectivity index is 2.10. The molecule has 1 saturated heterocycles. The van der Waals surface area contributed by atoms with Crippen molar-refractivity contribution in [2.45, 2.75) is 25.8 Å². The Hall–Kier alpha value is -1.95. The average molecular weight is 292 g/mol. The third kappa shape index (κ3) is 3.78. The van der Waals surface area contributed by atoms with E-state index in [9.17, 15) is 14.7 Å². The van der Waals surface area contributed by atoms with E-state index < -0.39 is 11.9 Å². The number of rotatable bonds is 6. The summed E-state index contributed by atoms with van der Waals surface area (Å²) >= 11 is 0. The first-order valence-electron chi connectivity index (χ1n) is 7.12. The lowest BCUT2D eigenvalue weighted by Crippen LogP contribution is -2.47. The van der Waals surface area contributed by atoms with Crippen molar-refractivity contribution in [1.82, 2.24) is 9.88 Å². The minimum atomic E-state index is -0.909. The maximum Gasteiger partial charge on any atom is 0.311 e. The molecule has 1 aromatic rings. The van der Waals surface area contributed by atoms with Gasteiger partial charge in [0.1, 0.15) is 5.92 Å². The van der Waals surface area contributed by atoms with Crippen molar-refractivity contribution >= 4 is 11.9 Å². The number of ether oxygens (including phenoxy) is 1. The molecule has 0 bridgehead atoms. The van der Waals surface area contributed by atoms with Crippen LogP contribution in [-0.4, -0.2) is 52.7 Å². The van der Waals surface area contributed by atoms with Crippen LogP contribution in [-0.2, 0) is 20.7 Å². The molecule has 2 heterocycles. The first-order chi connectivity index (χ1) is 10.1. The molecule has 1 fully saturated rings. The summed E-state index contributed by atoms with van der Waals surface area (Å²) in [6, 6.07) is 3.24. The summed E-state index contributed by atoms with van der Waals surface area (Å²) in [5.74, 6) is -1.63. The van der Waals surface area contributed by atoms with Gasteiger partial charge in [-0.2, -0.15) is 0 Å². The summed E-state index contributed by atoms with van der Waals surface area (Å²) in [6.07, 6.45) is 4.32. The van der Waals surface area contributed by atoms with Crippen LogP contribution in [0.2, 0.25) is 0 Å². The van der Waals surface area contributed by atoms with Gasteiger partial charge in [-0.25, -0.2) is 0 Å². The lowest BCUT2D eigenvalue weighted by atomic mass is 10.0. The first kappa shape index (κ1) is 15.4. The van der Waals surface area contributed by atoms with Crippen LogP contribution in [0.1, 0.15) is 18.9 Å². The van der Waals surface area contributed by atoms with E-state index in [1.807, 2.05) is 13.0 Å². The topological polar surface area (TPSA) is 79.7 Å². The van der Waals surface area contributed by atoms with Crippen LogP contribution in [0.4, 0.5) is 0 Å². The number of hydrogen-bond donors (Lipinski definition) is 1. The van der Waals surface area contributed by atoms with Crippen LogP contribution in [0.15, 0.2) is 24.5 Å². The first-order valence-corrected chi connectivity index (χ1v) is 7.12. The second-order valence-corrected chi connectivity index (χ2v) is 5.17. The summed E-state index contributed by atoms with van der Waals surface area (Å²) in [4.78, 5) is 29.4. The SMILES string of the molecule is CCCN(C(=O)Cc1cccnc1)C1COCC1C(=O)O. The Bertz CT molecular complexity index is 492. The lowest BCUT2D eigenvalue weighted by molar-refractivity contribution is -0.145. The standard InChI is InChI=1S/C15H20N2O4/c1-2-6-17(13-10-21-9-12(13)15(19)20)14(18)7-11-4-3-5-16-8-11/h3-5,8,12-13H,2,6-7,9-10H2,1H3,(H,19,20). The van der Waals surface area contributed by atoms with E-state index in [1.54, 1.807) is 23.4 Å². The molecular formula is C15H20N2O4. The second-order valence-electron chi connectivity index (χ2n) is 5.17. The van der Waals surface area contributed by atoms with Crippen LogP contribution in [0.5, 0.6) is 0 Å². The summed E-state index contributed by atoms with van der Waals surface area (Å²) < 4.78 is 5.27. The molecule has 0 aromatic carbocycles. The molecule has 114 valence electrons. The highest BCUT2D eigenvalue weighted by Crippen LogP contribution is 2.21. The normalized spacial score (nSPS) is 21.2. The molecule has 1 aliphatic heterocycles. The van der Waals surface area contributed by atoms with Gasteiger partial charge in [0.2, 0.25) is 5.91 Å². The highest BCUT2D eigenvalue weighted by molar-refractivity contribution is 5.80. The summed E-state index contributed by atoms with van der Waals surface area (Å²) in [6.45, 7) is 2.96. The minimum absolute atomic E-state index is 0.0772. The van der Waals surface area contributed by atoms with Gasteiger partial charge in [0.05, 0.1) is 25.7 Å². The van der Waals surface area contributed by atoms with Crippen molar-refractivity contribution in [3.8, 4) is 0 Å². The van der Waals surface area contributed by atoms with Gasteiger partial charge in [-0.15, -0.1) is 0 Å². The molecule has 2 unspecified atom stereocenters. The molecular weight excluding hydrogens is 272 g/mol. The Morgan fingerprint density at radius 1 is 1.48 bits per heavy atom. The van der Waals surface area contributed by atoms with E-state index in [1.165, 1.54) is 0 Å². The predicted octanol–water partition coefficient (Wildman–Crippen LogP) is 0.962. The van der Waals surface area contributed by atoms with Gasteiger partial charge in [-0.1, -0.05) is 13.0 Å². The molecule has 1 aliphatic rings. The van der Waals surface area contributed by atoms with Crippen LogP contribution in [0.25, 0.3) is 0 Å². The molecule has 1 aromatic heterocycles. The molecule has 6 nitrogen and oxygen atoms in total. The molecule has 2 atom stereocenters. The molecule has 0 spiro atoms. The number of carbonyl (C=O) groups excluding carboxylic acids is 1. The van der Waals surface area contributed by atoms with E-state index in [2.05, 4.69) is 4.98 Å². The number of aromatic nitrogens is 1. The van der Waals surface area contributed by atoms with Gasteiger partial charge in [-0.05, 0) is 18.1 Å². The zero-order valence-corrected chi connectivity index (χ0v) is 12.1. The quantitative estimate of drug-likeness (QED) is 0.845. The smallest absolute Gasteiger partial charge is 0.311 e. The zero-order chi connectivity index (χ0) is 15.2. The molecule has 0 radical (unpaired) electrons. The fraction of sp³-hybridized carbons (Fsp3) is 0.533. The molecule has 6 heteroatoms. The van der Waals surface area contributed by atoms with Crippen LogP contribution in [0, 0.1) is 5.92 Å². The molecule has 21 heavy (non-hydrogen) atoms. The maximum atomic E-state index is 12.5. The highest BCUT2D eigenvalue weighted by Gasteiger charge is 2.39. The zero-order valence-electron chi connectivity index (χ0n) is 12.1. The van der Waals surface area contributed by atoms with Crippen molar-refractivity contribution in [1.29, 1.82) is 0 Å². The van der Waals surface area contributed by atoms with Crippen molar-refractivity contribution in [2.24, 2.45) is 5.92 Å². The van der Waals surface area contributed by atoms with E-state index >= 15 is 0 Å². The summed E-state index contributed by atoms with van der Waals surface area (Å²) in [5, 5.41) is 9.24. The Morgan fingerprint density at radius 3 is 2.90 bits per heavy atom. The summed E-state index contributed by atoms with van der Waals surface area (Å²) in [7, 11) is 0. The number of carboxylic acid groups (broad SMARTS) is 1.